The first-order valence-electron chi connectivity index (χ1n) is 7.96. The predicted molar refractivity (Wildman–Crippen MR) is 108 cm³/mol. The smallest absolute Gasteiger partial charge is 0.257 e. The minimum atomic E-state index is -3.79. The molecule has 0 aromatic heterocycles. The van der Waals surface area contributed by atoms with Gasteiger partial charge in [-0.25, -0.2) is 8.42 Å². The number of nitrogens with one attached hydrogen (secondary N) is 2. The summed E-state index contributed by atoms with van der Waals surface area (Å²) in [6.45, 7) is 1.45. The van der Waals surface area contributed by atoms with Gasteiger partial charge in [0.2, 0.25) is 0 Å². The highest BCUT2D eigenvalue weighted by atomic mass is 32.2. The Morgan fingerprint density at radius 1 is 1.15 bits per heavy atom. The van der Waals surface area contributed by atoms with E-state index in [1.54, 1.807) is 48.5 Å². The molecule has 0 atom stereocenters. The highest BCUT2D eigenvalue weighted by Crippen LogP contribution is 2.34. The fourth-order valence-corrected chi connectivity index (χ4v) is 4.18. The zero-order valence-corrected chi connectivity index (χ0v) is 16.0. The Kier molecular flexibility index (Phi) is 5.40. The van der Waals surface area contributed by atoms with Crippen LogP contribution in [0.25, 0.3) is 0 Å². The molecule has 0 saturated carbocycles. The van der Waals surface area contributed by atoms with Gasteiger partial charge < -0.3 is 5.32 Å². The molecule has 0 spiro atoms. The molecule has 0 radical (unpaired) electrons. The van der Waals surface area contributed by atoms with E-state index in [2.05, 4.69) is 16.0 Å². The van der Waals surface area contributed by atoms with Crippen LogP contribution in [0, 0.1) is 12.3 Å². The number of thioether (sulfide) groups is 1. The topological polar surface area (TPSA) is 75.3 Å². The number of allylic oxidation sites excluding steroid dienone is 3. The summed E-state index contributed by atoms with van der Waals surface area (Å²) in [5.74, 6) is 2.19. The van der Waals surface area contributed by atoms with E-state index >= 15 is 0 Å². The van der Waals surface area contributed by atoms with Crippen LogP contribution in [0.2, 0.25) is 0 Å². The lowest BCUT2D eigenvalue weighted by Crippen LogP contribution is -2.22. The molecule has 2 N–H and O–H groups in total. The molecule has 2 aromatic carbocycles. The van der Waals surface area contributed by atoms with Crippen LogP contribution in [0.4, 0.5) is 5.69 Å². The summed E-state index contributed by atoms with van der Waals surface area (Å²) >= 11 is 1.25. The van der Waals surface area contributed by atoms with E-state index in [0.717, 1.165) is 0 Å². The van der Waals surface area contributed by atoms with Gasteiger partial charge in [0, 0.05) is 10.6 Å². The van der Waals surface area contributed by atoms with Crippen molar-refractivity contribution in [2.45, 2.75) is 11.8 Å². The number of carbonyl (C=O) groups excluding carboxylic acids is 1. The highest BCUT2D eigenvalue weighted by Gasteiger charge is 2.22. The van der Waals surface area contributed by atoms with Crippen molar-refractivity contribution in [2.75, 3.05) is 4.72 Å². The molecule has 0 aliphatic carbocycles. The monoisotopic (exact) mass is 396 g/mol. The summed E-state index contributed by atoms with van der Waals surface area (Å²) < 4.78 is 27.7. The Bertz CT molecular complexity index is 1100. The Labute approximate surface area is 162 Å². The first-order valence-corrected chi connectivity index (χ1v) is 10.3. The Morgan fingerprint density at radius 2 is 1.81 bits per heavy atom. The van der Waals surface area contributed by atoms with Crippen LogP contribution < -0.4 is 10.0 Å². The highest BCUT2D eigenvalue weighted by molar-refractivity contribution is 8.03. The molecule has 27 heavy (non-hydrogen) atoms. The van der Waals surface area contributed by atoms with Crippen molar-refractivity contribution in [2.24, 2.45) is 0 Å². The Balaban J connectivity index is 1.96. The van der Waals surface area contributed by atoms with Gasteiger partial charge >= 0.3 is 0 Å². The van der Waals surface area contributed by atoms with Crippen LogP contribution in [0.5, 0.6) is 0 Å². The van der Waals surface area contributed by atoms with Crippen molar-refractivity contribution in [1.29, 1.82) is 0 Å². The third-order valence-electron chi connectivity index (χ3n) is 3.77. The molecule has 0 bridgehead atoms. The minimum absolute atomic E-state index is 0.0287. The van der Waals surface area contributed by atoms with Crippen LogP contribution >= 0.6 is 11.8 Å². The number of hydrogen-bond acceptors (Lipinski definition) is 4. The van der Waals surface area contributed by atoms with Crippen LogP contribution in [-0.4, -0.2) is 14.3 Å². The molecule has 1 amide bonds. The predicted octanol–water partition coefficient (Wildman–Crippen LogP) is 3.71. The molecular formula is C20H16N2O3S2. The third-order valence-corrected chi connectivity index (χ3v) is 6.35. The summed E-state index contributed by atoms with van der Waals surface area (Å²) in [6, 6.07) is 15.6. The number of para-hydroxylation sites is 1. The number of hydrogen-bond donors (Lipinski definition) is 2. The summed E-state index contributed by atoms with van der Waals surface area (Å²) in [7, 11) is -3.79. The molecule has 136 valence electrons. The van der Waals surface area contributed by atoms with Gasteiger partial charge in [-0.2, -0.15) is 0 Å². The van der Waals surface area contributed by atoms with Crippen molar-refractivity contribution < 1.29 is 13.2 Å². The van der Waals surface area contributed by atoms with Gasteiger partial charge in [0.15, 0.2) is 0 Å². The molecule has 3 rings (SSSR count). The number of terminal acetylenes is 1. The maximum Gasteiger partial charge on any atom is 0.257 e. The van der Waals surface area contributed by atoms with E-state index in [1.807, 2.05) is 6.07 Å². The summed E-state index contributed by atoms with van der Waals surface area (Å²) in [4.78, 5) is 13.7. The van der Waals surface area contributed by atoms with E-state index in [-0.39, 0.29) is 16.5 Å². The lowest BCUT2D eigenvalue weighted by molar-refractivity contribution is 0.0964. The molecule has 0 fully saturated rings. The van der Waals surface area contributed by atoms with Gasteiger partial charge in [0.1, 0.15) is 0 Å². The molecule has 2 aromatic rings. The molecular weight excluding hydrogens is 380 g/mol. The van der Waals surface area contributed by atoms with E-state index in [4.69, 9.17) is 6.42 Å². The average molecular weight is 396 g/mol. The standard InChI is InChI=1S/C20H16N2O3S2/c1-3-18-17(21-20(23)16-11-7-8-12-19(16)26-18)13-14(2)27(24,25)22-15-9-5-4-6-10-15/h1,4-13,22H,2H3,(H,21,23)/b14-13+. The largest absolute Gasteiger partial charge is 0.320 e. The average Bonchev–Trinajstić information content (AvgIpc) is 2.79. The number of rotatable bonds is 4. The fourth-order valence-electron chi connectivity index (χ4n) is 2.39. The molecule has 5 nitrogen and oxygen atoms in total. The van der Waals surface area contributed by atoms with E-state index < -0.39 is 10.0 Å². The lowest BCUT2D eigenvalue weighted by atomic mass is 10.2. The van der Waals surface area contributed by atoms with Gasteiger partial charge in [-0.15, -0.1) is 6.42 Å². The molecule has 1 heterocycles. The summed E-state index contributed by atoms with van der Waals surface area (Å²) in [6.07, 6.45) is 6.97. The van der Waals surface area contributed by atoms with Gasteiger partial charge in [-0.3, -0.25) is 9.52 Å². The van der Waals surface area contributed by atoms with Gasteiger partial charge in [-0.05, 0) is 37.3 Å². The Morgan fingerprint density at radius 3 is 2.52 bits per heavy atom. The number of carbonyl (C=O) groups is 1. The summed E-state index contributed by atoms with van der Waals surface area (Å²) in [5, 5.41) is 2.71. The van der Waals surface area contributed by atoms with Gasteiger partial charge in [0.05, 0.1) is 21.1 Å². The fraction of sp³-hybridized carbons (Fsp3) is 0.0500. The number of amides is 1. The van der Waals surface area contributed by atoms with Crippen molar-refractivity contribution in [3.63, 3.8) is 0 Å². The third kappa shape index (κ3) is 4.25. The zero-order valence-electron chi connectivity index (χ0n) is 14.4. The van der Waals surface area contributed by atoms with Crippen molar-refractivity contribution in [3.8, 4) is 12.3 Å². The van der Waals surface area contributed by atoms with Crippen molar-refractivity contribution in [3.05, 3.63) is 81.7 Å². The van der Waals surface area contributed by atoms with Crippen LogP contribution in [0.3, 0.4) is 0 Å². The van der Waals surface area contributed by atoms with Gasteiger partial charge in [-0.1, -0.05) is 48.0 Å². The van der Waals surface area contributed by atoms with Crippen molar-refractivity contribution >= 4 is 33.4 Å². The molecule has 1 aliphatic rings. The SMILES string of the molecule is C#CC1=C(/C=C(\C)S(=O)(=O)Nc2ccccc2)NC(=O)c2ccccc2S1. The quantitative estimate of drug-likeness (QED) is 0.773. The van der Waals surface area contributed by atoms with E-state index in [1.165, 1.54) is 24.8 Å². The molecule has 7 heteroatoms. The lowest BCUT2D eigenvalue weighted by Gasteiger charge is -2.10. The molecule has 1 aliphatic heterocycles. The first-order chi connectivity index (χ1) is 12.9. The summed E-state index contributed by atoms with van der Waals surface area (Å²) in [5.41, 5.74) is 1.21. The van der Waals surface area contributed by atoms with Crippen LogP contribution in [0.15, 0.2) is 81.1 Å². The number of sulfonamides is 1. The van der Waals surface area contributed by atoms with E-state index in [9.17, 15) is 13.2 Å². The minimum Gasteiger partial charge on any atom is -0.320 e. The molecule has 0 unspecified atom stereocenters. The maximum absolute atomic E-state index is 12.6. The normalized spacial score (nSPS) is 14.7. The number of benzene rings is 2. The van der Waals surface area contributed by atoms with E-state index in [0.29, 0.717) is 21.1 Å². The second kappa shape index (κ2) is 7.74. The Hall–Kier alpha value is -2.95. The van der Waals surface area contributed by atoms with Gasteiger partial charge in [0.25, 0.3) is 15.9 Å². The van der Waals surface area contributed by atoms with Crippen molar-refractivity contribution in [1.82, 2.24) is 5.32 Å². The second-order valence-corrected chi connectivity index (χ2v) is 8.57. The zero-order chi connectivity index (χ0) is 19.4. The van der Waals surface area contributed by atoms with Crippen LogP contribution in [0.1, 0.15) is 17.3 Å². The molecule has 0 saturated heterocycles. The van der Waals surface area contributed by atoms with Crippen LogP contribution in [-0.2, 0) is 10.0 Å². The second-order valence-electron chi connectivity index (χ2n) is 5.67. The number of fused-ring (bicyclic) bond motifs is 1. The maximum atomic E-state index is 12.6. The first kappa shape index (κ1) is 18.8. The number of anilines is 1.